The van der Waals surface area contributed by atoms with Gasteiger partial charge in [0.25, 0.3) is 0 Å². The van der Waals surface area contributed by atoms with Crippen LogP contribution in [0.2, 0.25) is 0 Å². The van der Waals surface area contributed by atoms with E-state index >= 15 is 0 Å². The summed E-state index contributed by atoms with van der Waals surface area (Å²) in [6.45, 7) is 1.85. The second kappa shape index (κ2) is 4.25. The van der Waals surface area contributed by atoms with Crippen LogP contribution in [0, 0.1) is 29.6 Å². The van der Waals surface area contributed by atoms with E-state index in [0.717, 1.165) is 25.7 Å². The van der Waals surface area contributed by atoms with Crippen molar-refractivity contribution >= 4 is 11.9 Å². The summed E-state index contributed by atoms with van der Waals surface area (Å²) in [5.74, 6) is -0.867. The summed E-state index contributed by atoms with van der Waals surface area (Å²) in [7, 11) is 0. The number of cyclic esters (lactones) is 1. The molecule has 18 heavy (non-hydrogen) atoms. The Morgan fingerprint density at radius 3 is 2.78 bits per heavy atom. The fraction of sp³-hybridized carbons (Fsp3) is 0.857. The molecule has 100 valence electrons. The maximum absolute atomic E-state index is 11.8. The quantitative estimate of drug-likeness (QED) is 0.726. The van der Waals surface area contributed by atoms with Gasteiger partial charge in [0.15, 0.2) is 0 Å². The third-order valence-corrected chi connectivity index (χ3v) is 5.30. The largest absolute Gasteiger partial charge is 0.481 e. The summed E-state index contributed by atoms with van der Waals surface area (Å²) in [5.41, 5.74) is 0. The van der Waals surface area contributed by atoms with Crippen LogP contribution in [-0.4, -0.2) is 23.1 Å². The van der Waals surface area contributed by atoms with Crippen molar-refractivity contribution in [2.24, 2.45) is 29.6 Å². The summed E-state index contributed by atoms with van der Waals surface area (Å²) in [4.78, 5) is 23.5. The minimum Gasteiger partial charge on any atom is -0.481 e. The highest BCUT2D eigenvalue weighted by atomic mass is 16.6. The molecule has 2 aliphatic carbocycles. The summed E-state index contributed by atoms with van der Waals surface area (Å²) in [6, 6.07) is 0. The van der Waals surface area contributed by atoms with E-state index in [2.05, 4.69) is 0 Å². The number of carbonyl (C=O) groups excluding carboxylic acids is 1. The highest BCUT2D eigenvalue weighted by molar-refractivity contribution is 5.79. The van der Waals surface area contributed by atoms with Crippen LogP contribution in [0.15, 0.2) is 0 Å². The van der Waals surface area contributed by atoms with Crippen LogP contribution >= 0.6 is 0 Å². The molecule has 3 fully saturated rings. The SMILES string of the molecule is C[C@H]1OC(=O)[C@@H]2C[C@@H]3CCCCC3[C@H](C(=O)O)C12. The molecule has 0 spiro atoms. The lowest BCUT2D eigenvalue weighted by atomic mass is 9.57. The molecular formula is C14H20O4. The van der Waals surface area contributed by atoms with Gasteiger partial charge in [0, 0.05) is 5.92 Å². The zero-order valence-electron chi connectivity index (χ0n) is 10.7. The maximum Gasteiger partial charge on any atom is 0.309 e. The van der Waals surface area contributed by atoms with Gasteiger partial charge < -0.3 is 9.84 Å². The number of fused-ring (bicyclic) bond motifs is 2. The van der Waals surface area contributed by atoms with Crippen LogP contribution in [0.3, 0.4) is 0 Å². The van der Waals surface area contributed by atoms with E-state index in [-0.39, 0.29) is 35.7 Å². The van der Waals surface area contributed by atoms with Crippen molar-refractivity contribution in [2.75, 3.05) is 0 Å². The lowest BCUT2D eigenvalue weighted by Gasteiger charge is -2.44. The van der Waals surface area contributed by atoms with E-state index in [0.29, 0.717) is 5.92 Å². The number of hydrogen-bond acceptors (Lipinski definition) is 3. The standard InChI is InChI=1S/C14H20O4/c1-7-11-10(14(17)18-7)6-8-4-2-3-5-9(8)12(11)13(15)16/h7-12H,2-6H2,1H3,(H,15,16)/t7-,8+,9?,10-,11?,12+/m1/s1. The van der Waals surface area contributed by atoms with Crippen molar-refractivity contribution < 1.29 is 19.4 Å². The molecule has 1 N–H and O–H groups in total. The van der Waals surface area contributed by atoms with Crippen LogP contribution in [0.5, 0.6) is 0 Å². The molecular weight excluding hydrogens is 232 g/mol. The molecule has 4 nitrogen and oxygen atoms in total. The fourth-order valence-corrected chi connectivity index (χ4v) is 4.59. The number of carbonyl (C=O) groups is 2. The van der Waals surface area contributed by atoms with Gasteiger partial charge in [0.1, 0.15) is 6.10 Å². The monoisotopic (exact) mass is 252 g/mol. The van der Waals surface area contributed by atoms with Gasteiger partial charge in [-0.05, 0) is 31.6 Å². The maximum atomic E-state index is 11.8. The molecule has 3 aliphatic rings. The lowest BCUT2D eigenvalue weighted by Crippen LogP contribution is -2.47. The molecule has 1 saturated heterocycles. The second-order valence-electron chi connectivity index (χ2n) is 6.13. The Hall–Kier alpha value is -1.06. The normalized spacial score (nSPS) is 47.1. The average Bonchev–Trinajstić information content (AvgIpc) is 2.62. The van der Waals surface area contributed by atoms with Crippen molar-refractivity contribution in [3.8, 4) is 0 Å². The molecule has 3 rings (SSSR count). The lowest BCUT2D eigenvalue weighted by molar-refractivity contribution is -0.152. The van der Waals surface area contributed by atoms with Gasteiger partial charge in [-0.15, -0.1) is 0 Å². The summed E-state index contributed by atoms with van der Waals surface area (Å²) in [6.07, 6.45) is 5.01. The van der Waals surface area contributed by atoms with Crippen LogP contribution in [0.25, 0.3) is 0 Å². The van der Waals surface area contributed by atoms with Gasteiger partial charge in [-0.1, -0.05) is 19.3 Å². The molecule has 1 aliphatic heterocycles. The smallest absolute Gasteiger partial charge is 0.309 e. The van der Waals surface area contributed by atoms with E-state index in [9.17, 15) is 14.7 Å². The number of ether oxygens (including phenoxy) is 1. The molecule has 2 unspecified atom stereocenters. The molecule has 0 aromatic heterocycles. The Morgan fingerprint density at radius 2 is 2.06 bits per heavy atom. The van der Waals surface area contributed by atoms with Crippen molar-refractivity contribution in [3.63, 3.8) is 0 Å². The van der Waals surface area contributed by atoms with E-state index in [1.165, 1.54) is 6.42 Å². The predicted molar refractivity (Wildman–Crippen MR) is 63.7 cm³/mol. The molecule has 0 aromatic carbocycles. The van der Waals surface area contributed by atoms with Crippen LogP contribution in [-0.2, 0) is 14.3 Å². The summed E-state index contributed by atoms with van der Waals surface area (Å²) >= 11 is 0. The number of hydrogen-bond donors (Lipinski definition) is 1. The first-order valence-corrected chi connectivity index (χ1v) is 7.03. The number of carboxylic acid groups (broad SMARTS) is 1. The molecule has 4 heteroatoms. The first kappa shape index (κ1) is 12.0. The molecule has 0 amide bonds. The molecule has 0 bridgehead atoms. The van der Waals surface area contributed by atoms with Gasteiger partial charge >= 0.3 is 11.9 Å². The summed E-state index contributed by atoms with van der Waals surface area (Å²) in [5, 5.41) is 9.56. The molecule has 1 heterocycles. The number of aliphatic carboxylic acids is 1. The minimum atomic E-state index is -0.730. The van der Waals surface area contributed by atoms with Gasteiger partial charge in [-0.3, -0.25) is 9.59 Å². The van der Waals surface area contributed by atoms with Gasteiger partial charge in [0.2, 0.25) is 0 Å². The molecule has 0 aromatic rings. The Balaban J connectivity index is 1.94. The Morgan fingerprint density at radius 1 is 1.33 bits per heavy atom. The highest BCUT2D eigenvalue weighted by Gasteiger charge is 2.56. The minimum absolute atomic E-state index is 0.102. The van der Waals surface area contributed by atoms with Gasteiger partial charge in [-0.2, -0.15) is 0 Å². The van der Waals surface area contributed by atoms with Crippen molar-refractivity contribution in [2.45, 2.75) is 45.1 Å². The first-order valence-electron chi connectivity index (χ1n) is 7.03. The van der Waals surface area contributed by atoms with Crippen molar-refractivity contribution in [3.05, 3.63) is 0 Å². The first-order chi connectivity index (χ1) is 8.59. The van der Waals surface area contributed by atoms with Gasteiger partial charge in [-0.25, -0.2) is 0 Å². The van der Waals surface area contributed by atoms with E-state index < -0.39 is 5.97 Å². The predicted octanol–water partition coefficient (Wildman–Crippen LogP) is 2.08. The number of carboxylic acids is 1. The van der Waals surface area contributed by atoms with E-state index in [4.69, 9.17) is 4.74 Å². The number of rotatable bonds is 1. The van der Waals surface area contributed by atoms with Gasteiger partial charge in [0.05, 0.1) is 11.8 Å². The fourth-order valence-electron chi connectivity index (χ4n) is 4.59. The van der Waals surface area contributed by atoms with E-state index in [1.807, 2.05) is 6.92 Å². The average molecular weight is 252 g/mol. The highest BCUT2D eigenvalue weighted by Crippen LogP contribution is 2.52. The number of esters is 1. The Labute approximate surface area is 107 Å². The van der Waals surface area contributed by atoms with Crippen molar-refractivity contribution in [1.29, 1.82) is 0 Å². The second-order valence-corrected chi connectivity index (χ2v) is 6.13. The van der Waals surface area contributed by atoms with Crippen LogP contribution in [0.4, 0.5) is 0 Å². The Kier molecular flexibility index (Phi) is 2.83. The third kappa shape index (κ3) is 1.65. The zero-order chi connectivity index (χ0) is 12.9. The molecule has 0 radical (unpaired) electrons. The Bertz CT molecular complexity index is 378. The molecule has 6 atom stereocenters. The topological polar surface area (TPSA) is 63.6 Å². The summed E-state index contributed by atoms with van der Waals surface area (Å²) < 4.78 is 5.29. The van der Waals surface area contributed by atoms with E-state index in [1.54, 1.807) is 0 Å². The molecule has 2 saturated carbocycles. The zero-order valence-corrected chi connectivity index (χ0v) is 10.7. The van der Waals surface area contributed by atoms with Crippen LogP contribution < -0.4 is 0 Å². The van der Waals surface area contributed by atoms with Crippen LogP contribution in [0.1, 0.15) is 39.0 Å². The third-order valence-electron chi connectivity index (χ3n) is 5.30. The van der Waals surface area contributed by atoms with Crippen molar-refractivity contribution in [1.82, 2.24) is 0 Å².